The maximum atomic E-state index is 12.7. The van der Waals surface area contributed by atoms with Gasteiger partial charge >= 0.3 is 0 Å². The molecule has 4 aromatic rings. The molecular formula is C26H24BrCl2N3O3. The van der Waals surface area contributed by atoms with Gasteiger partial charge in [-0.05, 0) is 75.8 Å². The molecule has 2 aromatic carbocycles. The molecular weight excluding hydrogens is 553 g/mol. The SMILES string of the molecule is CCC(C)c1ccc(OCc2ccc(C(=O)Nc3nn(Cc4ccc(Cl)cc4Cl)cc3Br)o2)cc1. The Morgan fingerprint density at radius 1 is 1.17 bits per heavy atom. The maximum Gasteiger partial charge on any atom is 0.292 e. The highest BCUT2D eigenvalue weighted by molar-refractivity contribution is 9.10. The summed E-state index contributed by atoms with van der Waals surface area (Å²) in [7, 11) is 0. The van der Waals surface area contributed by atoms with Gasteiger partial charge in [-0.2, -0.15) is 5.10 Å². The van der Waals surface area contributed by atoms with Crippen LogP contribution in [0.25, 0.3) is 0 Å². The summed E-state index contributed by atoms with van der Waals surface area (Å²) in [5, 5.41) is 8.30. The van der Waals surface area contributed by atoms with Gasteiger partial charge in [0.25, 0.3) is 5.91 Å². The van der Waals surface area contributed by atoms with Crippen molar-refractivity contribution in [2.75, 3.05) is 5.32 Å². The zero-order valence-corrected chi connectivity index (χ0v) is 22.3. The number of amides is 1. The second kappa shape index (κ2) is 11.3. The molecule has 35 heavy (non-hydrogen) atoms. The van der Waals surface area contributed by atoms with Gasteiger partial charge in [-0.25, -0.2) is 0 Å². The Labute approximate surface area is 222 Å². The number of nitrogens with one attached hydrogen (secondary N) is 1. The molecule has 0 bridgehead atoms. The molecule has 0 fully saturated rings. The summed E-state index contributed by atoms with van der Waals surface area (Å²) < 4.78 is 13.8. The monoisotopic (exact) mass is 575 g/mol. The molecule has 4 rings (SSSR count). The van der Waals surface area contributed by atoms with Crippen LogP contribution in [0.15, 0.2) is 69.7 Å². The number of carbonyl (C=O) groups excluding carboxylic acids is 1. The lowest BCUT2D eigenvalue weighted by Crippen LogP contribution is -2.12. The van der Waals surface area contributed by atoms with Crippen molar-refractivity contribution in [2.45, 2.75) is 39.3 Å². The maximum absolute atomic E-state index is 12.7. The highest BCUT2D eigenvalue weighted by Gasteiger charge is 2.16. The molecule has 1 atom stereocenters. The van der Waals surface area contributed by atoms with Crippen LogP contribution in [0.5, 0.6) is 5.75 Å². The summed E-state index contributed by atoms with van der Waals surface area (Å²) in [6.07, 6.45) is 2.85. The molecule has 0 radical (unpaired) electrons. The Morgan fingerprint density at radius 2 is 1.94 bits per heavy atom. The Balaban J connectivity index is 1.35. The Morgan fingerprint density at radius 3 is 2.66 bits per heavy atom. The molecule has 6 nitrogen and oxygen atoms in total. The molecule has 1 amide bonds. The number of aromatic nitrogens is 2. The lowest BCUT2D eigenvalue weighted by atomic mass is 9.99. The van der Waals surface area contributed by atoms with E-state index < -0.39 is 5.91 Å². The normalized spacial score (nSPS) is 11.9. The van der Waals surface area contributed by atoms with Gasteiger partial charge in [0.05, 0.1) is 11.0 Å². The van der Waals surface area contributed by atoms with Crippen molar-refractivity contribution in [3.05, 3.63) is 98.0 Å². The van der Waals surface area contributed by atoms with Crippen LogP contribution in [0.4, 0.5) is 5.82 Å². The highest BCUT2D eigenvalue weighted by Crippen LogP contribution is 2.26. The van der Waals surface area contributed by atoms with E-state index in [-0.39, 0.29) is 12.4 Å². The summed E-state index contributed by atoms with van der Waals surface area (Å²) >= 11 is 15.6. The zero-order chi connectivity index (χ0) is 24.9. The smallest absolute Gasteiger partial charge is 0.292 e. The van der Waals surface area contributed by atoms with E-state index in [1.807, 2.05) is 18.2 Å². The predicted octanol–water partition coefficient (Wildman–Crippen LogP) is 7.94. The first kappa shape index (κ1) is 25.4. The van der Waals surface area contributed by atoms with Crippen LogP contribution < -0.4 is 10.1 Å². The third kappa shape index (κ3) is 6.48. The quantitative estimate of drug-likeness (QED) is 0.219. The lowest BCUT2D eigenvalue weighted by molar-refractivity contribution is 0.0992. The van der Waals surface area contributed by atoms with Crippen LogP contribution in [-0.4, -0.2) is 15.7 Å². The molecule has 0 aliphatic heterocycles. The van der Waals surface area contributed by atoms with E-state index in [4.69, 9.17) is 32.4 Å². The Bertz CT molecular complexity index is 1320. The molecule has 0 saturated carbocycles. The van der Waals surface area contributed by atoms with E-state index >= 15 is 0 Å². The predicted molar refractivity (Wildman–Crippen MR) is 142 cm³/mol. The van der Waals surface area contributed by atoms with Crippen LogP contribution in [0, 0.1) is 0 Å². The van der Waals surface area contributed by atoms with Crippen molar-refractivity contribution >= 4 is 50.9 Å². The van der Waals surface area contributed by atoms with E-state index in [1.165, 1.54) is 5.56 Å². The molecule has 9 heteroatoms. The van der Waals surface area contributed by atoms with Gasteiger partial charge in [-0.3, -0.25) is 9.48 Å². The van der Waals surface area contributed by atoms with Gasteiger partial charge < -0.3 is 14.5 Å². The van der Waals surface area contributed by atoms with Crippen LogP contribution in [0.1, 0.15) is 53.6 Å². The Hall–Kier alpha value is -2.74. The summed E-state index contributed by atoms with van der Waals surface area (Å²) in [6.45, 7) is 5.01. The molecule has 0 saturated heterocycles. The number of nitrogens with zero attached hydrogens (tertiary/aromatic N) is 2. The molecule has 0 spiro atoms. The third-order valence-corrected chi connectivity index (χ3v) is 6.79. The fraction of sp³-hybridized carbons (Fsp3) is 0.231. The van der Waals surface area contributed by atoms with Gasteiger partial charge in [0.1, 0.15) is 18.1 Å². The molecule has 2 aromatic heterocycles. The largest absolute Gasteiger partial charge is 0.486 e. The van der Waals surface area contributed by atoms with E-state index in [0.717, 1.165) is 17.7 Å². The van der Waals surface area contributed by atoms with Crippen LogP contribution >= 0.6 is 39.1 Å². The van der Waals surface area contributed by atoms with Gasteiger partial charge in [0.2, 0.25) is 0 Å². The highest BCUT2D eigenvalue weighted by atomic mass is 79.9. The van der Waals surface area contributed by atoms with Crippen molar-refractivity contribution < 1.29 is 13.9 Å². The zero-order valence-electron chi connectivity index (χ0n) is 19.2. The topological polar surface area (TPSA) is 69.3 Å². The van der Waals surface area contributed by atoms with Gasteiger partial charge in [-0.1, -0.05) is 55.2 Å². The molecule has 182 valence electrons. The summed E-state index contributed by atoms with van der Waals surface area (Å²) in [4.78, 5) is 12.7. The van der Waals surface area contributed by atoms with E-state index in [9.17, 15) is 4.79 Å². The number of halogens is 3. The van der Waals surface area contributed by atoms with Crippen LogP contribution in [0.3, 0.4) is 0 Å². The fourth-order valence-corrected chi connectivity index (χ4v) is 4.30. The number of hydrogen-bond acceptors (Lipinski definition) is 4. The molecule has 1 N–H and O–H groups in total. The minimum Gasteiger partial charge on any atom is -0.486 e. The molecule has 0 aliphatic carbocycles. The average molecular weight is 577 g/mol. The van der Waals surface area contributed by atoms with Gasteiger partial charge in [0, 0.05) is 16.2 Å². The molecule has 1 unspecified atom stereocenters. The summed E-state index contributed by atoms with van der Waals surface area (Å²) in [5.74, 6) is 1.92. The second-order valence-electron chi connectivity index (χ2n) is 8.15. The van der Waals surface area contributed by atoms with Crippen molar-refractivity contribution in [1.29, 1.82) is 0 Å². The van der Waals surface area contributed by atoms with E-state index in [1.54, 1.807) is 35.1 Å². The molecule has 0 aliphatic rings. The first-order valence-electron chi connectivity index (χ1n) is 11.1. The lowest BCUT2D eigenvalue weighted by Gasteiger charge is -2.10. The first-order chi connectivity index (χ1) is 16.8. The number of rotatable bonds is 9. The number of ether oxygens (including phenoxy) is 1. The number of hydrogen-bond donors (Lipinski definition) is 1. The standard InChI is InChI=1S/C26H24BrCl2N3O3/c1-3-16(2)17-5-8-20(9-6-17)34-15-21-10-11-24(35-21)26(33)30-25-22(27)14-32(31-25)13-18-4-7-19(28)12-23(18)29/h4-12,14,16H,3,13,15H2,1-2H3,(H,30,31,33). The van der Waals surface area contributed by atoms with Crippen molar-refractivity contribution in [1.82, 2.24) is 9.78 Å². The minimum absolute atomic E-state index is 0.165. The fourth-order valence-electron chi connectivity index (χ4n) is 3.42. The van der Waals surface area contributed by atoms with Gasteiger partial charge in [-0.15, -0.1) is 0 Å². The Kier molecular flexibility index (Phi) is 8.21. The van der Waals surface area contributed by atoms with E-state index in [0.29, 0.717) is 38.6 Å². The first-order valence-corrected chi connectivity index (χ1v) is 12.7. The number of carbonyl (C=O) groups is 1. The minimum atomic E-state index is -0.412. The average Bonchev–Trinajstić information content (AvgIpc) is 3.46. The second-order valence-corrected chi connectivity index (χ2v) is 9.84. The van der Waals surface area contributed by atoms with Gasteiger partial charge in [0.15, 0.2) is 11.6 Å². The number of furan rings is 1. The van der Waals surface area contributed by atoms with Crippen LogP contribution in [0.2, 0.25) is 10.0 Å². The van der Waals surface area contributed by atoms with Crippen molar-refractivity contribution in [3.8, 4) is 5.75 Å². The van der Waals surface area contributed by atoms with Crippen molar-refractivity contribution in [2.24, 2.45) is 0 Å². The summed E-state index contributed by atoms with van der Waals surface area (Å²) in [5.41, 5.74) is 2.14. The number of benzene rings is 2. The number of anilines is 1. The van der Waals surface area contributed by atoms with Crippen LogP contribution in [-0.2, 0) is 13.2 Å². The van der Waals surface area contributed by atoms with Crippen molar-refractivity contribution in [3.63, 3.8) is 0 Å². The molecule has 2 heterocycles. The summed E-state index contributed by atoms with van der Waals surface area (Å²) in [6, 6.07) is 16.7. The third-order valence-electron chi connectivity index (χ3n) is 5.62. The van der Waals surface area contributed by atoms with E-state index in [2.05, 4.69) is 52.3 Å².